The molecule has 17 heavy (non-hydrogen) atoms. The number of sulfone groups is 1. The first-order valence-electron chi connectivity index (χ1n) is 4.82. The highest BCUT2D eigenvalue weighted by atomic mass is 35.5. The molecule has 1 aromatic heterocycles. The highest BCUT2D eigenvalue weighted by Gasteiger charge is 2.16. The van der Waals surface area contributed by atoms with Crippen LogP contribution in [0.4, 0.5) is 0 Å². The second-order valence-electron chi connectivity index (χ2n) is 3.41. The van der Waals surface area contributed by atoms with Gasteiger partial charge in [0, 0.05) is 11.6 Å². The van der Waals surface area contributed by atoms with Gasteiger partial charge in [-0.3, -0.25) is 0 Å². The van der Waals surface area contributed by atoms with Gasteiger partial charge in [0.2, 0.25) is 0 Å². The number of benzene rings is 1. The van der Waals surface area contributed by atoms with Crippen molar-refractivity contribution in [2.45, 2.75) is 5.03 Å². The van der Waals surface area contributed by atoms with Gasteiger partial charge in [-0.25, -0.2) is 13.4 Å². The van der Waals surface area contributed by atoms with Gasteiger partial charge in [-0.1, -0.05) is 30.3 Å². The van der Waals surface area contributed by atoms with E-state index in [9.17, 15) is 8.42 Å². The van der Waals surface area contributed by atoms with Crippen molar-refractivity contribution in [3.8, 4) is 0 Å². The van der Waals surface area contributed by atoms with Crippen LogP contribution in [0, 0.1) is 0 Å². The van der Waals surface area contributed by atoms with E-state index in [1.807, 2.05) is 12.1 Å². The summed E-state index contributed by atoms with van der Waals surface area (Å²) in [7, 11) is -3.37. The summed E-state index contributed by atoms with van der Waals surface area (Å²) < 4.78 is 23.8. The minimum Gasteiger partial charge on any atom is -0.244 e. The molecule has 0 aliphatic carbocycles. The lowest BCUT2D eigenvalue weighted by molar-refractivity contribution is 0.596. The summed E-state index contributed by atoms with van der Waals surface area (Å²) in [6, 6.07) is 9.09. The van der Waals surface area contributed by atoms with Crippen LogP contribution in [-0.4, -0.2) is 19.2 Å². The molecule has 0 amide bonds. The predicted molar refractivity (Wildman–Crippen MR) is 71.2 cm³/mol. The fourth-order valence-corrected chi connectivity index (χ4v) is 2.78. The summed E-state index contributed by atoms with van der Waals surface area (Å²) in [4.78, 5) is 3.96. The van der Waals surface area contributed by atoms with Crippen molar-refractivity contribution in [3.05, 3.63) is 49.2 Å². The molecule has 3 nitrogen and oxygen atoms in total. The van der Waals surface area contributed by atoms with Gasteiger partial charge in [0.25, 0.3) is 0 Å². The van der Waals surface area contributed by atoms with Gasteiger partial charge >= 0.3 is 0 Å². The van der Waals surface area contributed by atoms with Gasteiger partial charge in [0.15, 0.2) is 14.9 Å². The third-order valence-electron chi connectivity index (χ3n) is 2.27. The predicted octanol–water partition coefficient (Wildman–Crippen LogP) is 2.62. The van der Waals surface area contributed by atoms with Crippen LogP contribution in [0.1, 0.15) is 0 Å². The summed E-state index contributed by atoms with van der Waals surface area (Å²) in [6.45, 7) is 3.44. The molecule has 5 heteroatoms. The molecule has 90 valence electrons. The van der Waals surface area contributed by atoms with Gasteiger partial charge in [0.05, 0.1) is 5.75 Å². The monoisotopic (exact) mass is 269 g/mol. The van der Waals surface area contributed by atoms with Crippen LogP contribution in [-0.2, 0) is 9.84 Å². The smallest absolute Gasteiger partial charge is 0.199 e. The van der Waals surface area contributed by atoms with Gasteiger partial charge in [-0.2, -0.15) is 0 Å². The second kappa shape index (κ2) is 5.29. The lowest BCUT2D eigenvalue weighted by Gasteiger charge is -2.04. The van der Waals surface area contributed by atoms with Gasteiger partial charge < -0.3 is 0 Å². The summed E-state index contributed by atoms with van der Waals surface area (Å²) in [6.07, 6.45) is 2.89. The van der Waals surface area contributed by atoms with Crippen molar-refractivity contribution in [1.29, 1.82) is 0 Å². The number of nitrogens with zero attached hydrogens (tertiary/aromatic N) is 1. The Morgan fingerprint density at radius 2 is 1.94 bits per heavy atom. The lowest BCUT2D eigenvalue weighted by Crippen LogP contribution is -2.07. The topological polar surface area (TPSA) is 47.0 Å². The number of pyridine rings is 1. The molecule has 0 fully saturated rings. The number of halogens is 1. The highest BCUT2D eigenvalue weighted by Crippen LogP contribution is 2.21. The van der Waals surface area contributed by atoms with Crippen molar-refractivity contribution in [3.63, 3.8) is 0 Å². The number of rotatable bonds is 3. The summed E-state index contributed by atoms with van der Waals surface area (Å²) >= 11 is 0. The van der Waals surface area contributed by atoms with E-state index in [0.717, 1.165) is 5.39 Å². The third kappa shape index (κ3) is 2.65. The van der Waals surface area contributed by atoms with Crippen LogP contribution in [0.3, 0.4) is 0 Å². The van der Waals surface area contributed by atoms with Crippen molar-refractivity contribution in [1.82, 2.24) is 4.98 Å². The molecule has 0 aliphatic rings. The average molecular weight is 270 g/mol. The van der Waals surface area contributed by atoms with Crippen molar-refractivity contribution in [2.24, 2.45) is 0 Å². The maximum Gasteiger partial charge on any atom is 0.199 e. The fraction of sp³-hybridized carbons (Fsp3) is 0.0833. The zero-order valence-electron chi connectivity index (χ0n) is 9.04. The highest BCUT2D eigenvalue weighted by molar-refractivity contribution is 7.91. The van der Waals surface area contributed by atoms with Gasteiger partial charge in [-0.05, 0) is 11.5 Å². The van der Waals surface area contributed by atoms with E-state index in [4.69, 9.17) is 0 Å². The first-order chi connectivity index (χ1) is 7.65. The molecule has 1 aromatic carbocycles. The molecule has 0 saturated heterocycles. The number of fused-ring (bicyclic) bond motifs is 1. The minimum atomic E-state index is -3.37. The molecule has 2 aromatic rings. The van der Waals surface area contributed by atoms with E-state index in [1.54, 1.807) is 18.2 Å². The summed E-state index contributed by atoms with van der Waals surface area (Å²) in [5, 5.41) is 1.66. The lowest BCUT2D eigenvalue weighted by atomic mass is 10.2. The van der Waals surface area contributed by atoms with Crippen LogP contribution in [0.25, 0.3) is 10.8 Å². The molecule has 0 atom stereocenters. The first-order valence-corrected chi connectivity index (χ1v) is 6.48. The maximum absolute atomic E-state index is 11.9. The third-order valence-corrected chi connectivity index (χ3v) is 3.86. The Bertz CT molecular complexity index is 633. The molecule has 0 N–H and O–H groups in total. The second-order valence-corrected chi connectivity index (χ2v) is 5.36. The van der Waals surface area contributed by atoms with Crippen LogP contribution in [0.2, 0.25) is 0 Å². The molecule has 0 spiro atoms. The quantitative estimate of drug-likeness (QED) is 0.805. The Morgan fingerprint density at radius 1 is 1.24 bits per heavy atom. The number of hydrogen-bond acceptors (Lipinski definition) is 3. The molecule has 0 unspecified atom stereocenters. The Morgan fingerprint density at radius 3 is 2.65 bits per heavy atom. The number of hydrogen-bond donors (Lipinski definition) is 0. The first kappa shape index (κ1) is 13.7. The Balaban J connectivity index is 0.00000144. The standard InChI is InChI=1S/C12H11NO2S.ClH/c1-2-9-16(14,15)12-11-6-4-3-5-10(11)7-8-13-12;/h2-8H,1,9H2;1H. The van der Waals surface area contributed by atoms with Gasteiger partial charge in [-0.15, -0.1) is 19.0 Å². The van der Waals surface area contributed by atoms with E-state index in [2.05, 4.69) is 11.6 Å². The Hall–Kier alpha value is -1.39. The Labute approximate surface area is 107 Å². The zero-order chi connectivity index (χ0) is 11.6. The van der Waals surface area contributed by atoms with Crippen molar-refractivity contribution >= 4 is 33.0 Å². The molecule has 0 radical (unpaired) electrons. The zero-order valence-corrected chi connectivity index (χ0v) is 10.7. The average Bonchev–Trinajstić information content (AvgIpc) is 2.28. The van der Waals surface area contributed by atoms with Crippen LogP contribution >= 0.6 is 12.4 Å². The van der Waals surface area contributed by atoms with Crippen LogP contribution in [0.5, 0.6) is 0 Å². The van der Waals surface area contributed by atoms with E-state index < -0.39 is 9.84 Å². The SMILES string of the molecule is C=CCS(=O)(=O)c1nccc2ccccc12.Cl. The van der Waals surface area contributed by atoms with E-state index >= 15 is 0 Å². The molecular weight excluding hydrogens is 258 g/mol. The molecule has 2 rings (SSSR count). The largest absolute Gasteiger partial charge is 0.244 e. The summed E-state index contributed by atoms with van der Waals surface area (Å²) in [5.74, 6) is -0.0893. The van der Waals surface area contributed by atoms with E-state index in [-0.39, 0.29) is 23.2 Å². The molecule has 0 aliphatic heterocycles. The Kier molecular flexibility index (Phi) is 4.26. The molecular formula is C12H12ClNO2S. The molecule has 1 heterocycles. The van der Waals surface area contributed by atoms with Crippen molar-refractivity contribution < 1.29 is 8.42 Å². The van der Waals surface area contributed by atoms with Crippen LogP contribution < -0.4 is 0 Å². The van der Waals surface area contributed by atoms with Gasteiger partial charge in [0.1, 0.15) is 0 Å². The normalized spacial score (nSPS) is 10.8. The fourth-order valence-electron chi connectivity index (χ4n) is 1.57. The molecule has 0 saturated carbocycles. The summed E-state index contributed by atoms with van der Waals surface area (Å²) in [5.41, 5.74) is 0. The van der Waals surface area contributed by atoms with Crippen LogP contribution in [0.15, 0.2) is 54.2 Å². The number of aromatic nitrogens is 1. The minimum absolute atomic E-state index is 0. The maximum atomic E-state index is 11.9. The van der Waals surface area contributed by atoms with E-state index in [0.29, 0.717) is 5.39 Å². The molecule has 0 bridgehead atoms. The van der Waals surface area contributed by atoms with E-state index in [1.165, 1.54) is 12.3 Å². The van der Waals surface area contributed by atoms with Crippen molar-refractivity contribution in [2.75, 3.05) is 5.75 Å².